The fraction of sp³-hybridized carbons (Fsp3) is 0.471. The Hall–Kier alpha value is -2.21. The number of hydrogen-bond donors (Lipinski definition) is 3. The van der Waals surface area contributed by atoms with Crippen LogP contribution in [-0.2, 0) is 9.59 Å². The van der Waals surface area contributed by atoms with E-state index in [1.165, 1.54) is 0 Å². The molecule has 1 aromatic carbocycles. The lowest BCUT2D eigenvalue weighted by Crippen LogP contribution is -2.47. The largest absolute Gasteiger partial charge is 0.479 e. The third-order valence-electron chi connectivity index (χ3n) is 3.68. The van der Waals surface area contributed by atoms with Gasteiger partial charge in [-0.15, -0.1) is 0 Å². The third kappa shape index (κ3) is 4.89. The van der Waals surface area contributed by atoms with E-state index in [0.29, 0.717) is 11.1 Å². The predicted molar refractivity (Wildman–Crippen MR) is 85.3 cm³/mol. The van der Waals surface area contributed by atoms with E-state index >= 15 is 0 Å². The average Bonchev–Trinajstić information content (AvgIpc) is 2.51. The number of benzene rings is 1. The molecule has 0 aliphatic heterocycles. The Bertz CT molecular complexity index is 590. The Kier molecular flexibility index (Phi) is 6.04. The topological polar surface area (TPSA) is 104 Å². The highest BCUT2D eigenvalue weighted by atomic mass is 16.4. The molecule has 2 unspecified atom stereocenters. The molecule has 6 nitrogen and oxygen atoms in total. The molecule has 1 amide bonds. The fourth-order valence-corrected chi connectivity index (χ4v) is 1.91. The van der Waals surface area contributed by atoms with Crippen molar-refractivity contribution in [3.05, 3.63) is 35.4 Å². The van der Waals surface area contributed by atoms with E-state index < -0.39 is 23.4 Å². The van der Waals surface area contributed by atoms with E-state index in [9.17, 15) is 19.5 Å². The third-order valence-corrected chi connectivity index (χ3v) is 3.68. The van der Waals surface area contributed by atoms with Gasteiger partial charge in [-0.25, -0.2) is 4.79 Å². The summed E-state index contributed by atoms with van der Waals surface area (Å²) in [5.74, 6) is -2.38. The Balaban J connectivity index is 2.74. The number of aliphatic carboxylic acids is 1. The number of amides is 1. The summed E-state index contributed by atoms with van der Waals surface area (Å²) in [7, 11) is 0. The number of carbonyl (C=O) groups excluding carboxylic acids is 2. The first kappa shape index (κ1) is 18.8. The Morgan fingerprint density at radius 3 is 2.09 bits per heavy atom. The second-order valence-electron chi connectivity index (χ2n) is 6.16. The lowest BCUT2D eigenvalue weighted by Gasteiger charge is -2.20. The molecule has 6 heteroatoms. The summed E-state index contributed by atoms with van der Waals surface area (Å²) in [6.45, 7) is 6.05. The normalized spacial score (nSPS) is 14.9. The standard InChI is InChI=1S/C17H23NO5/c1-10(2)14(19)13-7-5-12(6-8-13)11(3)15(20)18-9-17(4,23)16(21)22/h5-8,10-11,23H,9H2,1-4H3,(H,18,20)(H,21,22). The number of carboxylic acid groups (broad SMARTS) is 1. The molecule has 0 aromatic heterocycles. The van der Waals surface area contributed by atoms with Crippen molar-refractivity contribution in [3.63, 3.8) is 0 Å². The molecule has 0 spiro atoms. The molecule has 0 aliphatic carbocycles. The number of rotatable bonds is 7. The highest BCUT2D eigenvalue weighted by molar-refractivity contribution is 5.97. The van der Waals surface area contributed by atoms with Crippen molar-refractivity contribution in [2.75, 3.05) is 6.54 Å². The number of aliphatic hydroxyl groups is 1. The molecule has 1 rings (SSSR count). The lowest BCUT2D eigenvalue weighted by molar-refractivity contribution is -0.156. The maximum atomic E-state index is 12.1. The highest BCUT2D eigenvalue weighted by Crippen LogP contribution is 2.18. The van der Waals surface area contributed by atoms with Crippen molar-refractivity contribution in [1.82, 2.24) is 5.32 Å². The Morgan fingerprint density at radius 2 is 1.65 bits per heavy atom. The van der Waals surface area contributed by atoms with Gasteiger partial charge < -0.3 is 15.5 Å². The smallest absolute Gasteiger partial charge is 0.337 e. The summed E-state index contributed by atoms with van der Waals surface area (Å²) in [4.78, 5) is 34.7. The van der Waals surface area contributed by atoms with Crippen LogP contribution in [0.2, 0.25) is 0 Å². The zero-order valence-corrected chi connectivity index (χ0v) is 13.8. The number of carbonyl (C=O) groups is 3. The zero-order valence-electron chi connectivity index (χ0n) is 13.8. The minimum atomic E-state index is -2.01. The number of hydrogen-bond acceptors (Lipinski definition) is 4. The maximum Gasteiger partial charge on any atom is 0.337 e. The van der Waals surface area contributed by atoms with Crippen LogP contribution in [0.25, 0.3) is 0 Å². The van der Waals surface area contributed by atoms with Crippen LogP contribution in [-0.4, -0.2) is 40.0 Å². The number of carboxylic acids is 1. The number of ketones is 1. The van der Waals surface area contributed by atoms with Gasteiger partial charge in [-0.2, -0.15) is 0 Å². The van der Waals surface area contributed by atoms with Crippen LogP contribution >= 0.6 is 0 Å². The lowest BCUT2D eigenvalue weighted by atomic mass is 9.95. The second-order valence-corrected chi connectivity index (χ2v) is 6.16. The van der Waals surface area contributed by atoms with Gasteiger partial charge in [-0.05, 0) is 19.4 Å². The van der Waals surface area contributed by atoms with Crippen molar-refractivity contribution >= 4 is 17.7 Å². The predicted octanol–water partition coefficient (Wildman–Crippen LogP) is 1.58. The van der Waals surface area contributed by atoms with E-state index in [-0.39, 0.29) is 18.2 Å². The van der Waals surface area contributed by atoms with Gasteiger partial charge in [0.15, 0.2) is 11.4 Å². The van der Waals surface area contributed by atoms with Crippen LogP contribution in [0.1, 0.15) is 49.5 Å². The van der Waals surface area contributed by atoms with Crippen LogP contribution in [0.15, 0.2) is 24.3 Å². The molecular weight excluding hydrogens is 298 g/mol. The molecule has 0 aliphatic rings. The molecule has 0 bridgehead atoms. The first-order valence-corrected chi connectivity index (χ1v) is 7.44. The van der Waals surface area contributed by atoms with E-state index in [1.54, 1.807) is 31.2 Å². The molecule has 3 N–H and O–H groups in total. The monoisotopic (exact) mass is 321 g/mol. The molecule has 23 heavy (non-hydrogen) atoms. The van der Waals surface area contributed by atoms with Crippen LogP contribution < -0.4 is 5.32 Å². The van der Waals surface area contributed by atoms with E-state index in [2.05, 4.69) is 5.32 Å². The van der Waals surface area contributed by atoms with Crippen LogP contribution in [0.3, 0.4) is 0 Å². The average molecular weight is 321 g/mol. The Labute approximate surface area is 135 Å². The molecule has 0 saturated heterocycles. The molecular formula is C17H23NO5. The first-order valence-electron chi connectivity index (χ1n) is 7.44. The summed E-state index contributed by atoms with van der Waals surface area (Å²) < 4.78 is 0. The van der Waals surface area contributed by atoms with Gasteiger partial charge >= 0.3 is 5.97 Å². The first-order chi connectivity index (χ1) is 10.6. The maximum absolute atomic E-state index is 12.1. The SMILES string of the molecule is CC(C)C(=O)c1ccc(C(C)C(=O)NCC(C)(O)C(=O)O)cc1. The van der Waals surface area contributed by atoms with Gasteiger partial charge in [0.1, 0.15) is 0 Å². The van der Waals surface area contributed by atoms with Crippen molar-refractivity contribution in [2.24, 2.45) is 5.92 Å². The second kappa shape index (κ2) is 7.37. The van der Waals surface area contributed by atoms with Crippen molar-refractivity contribution in [3.8, 4) is 0 Å². The quantitative estimate of drug-likeness (QED) is 0.662. The summed E-state index contributed by atoms with van der Waals surface area (Å²) in [6.07, 6.45) is 0. The van der Waals surface area contributed by atoms with Gasteiger partial charge in [0.05, 0.1) is 12.5 Å². The zero-order chi connectivity index (χ0) is 17.8. The van der Waals surface area contributed by atoms with Crippen LogP contribution in [0.4, 0.5) is 0 Å². The molecule has 1 aromatic rings. The van der Waals surface area contributed by atoms with Crippen molar-refractivity contribution < 1.29 is 24.6 Å². The molecule has 0 heterocycles. The van der Waals surface area contributed by atoms with Crippen molar-refractivity contribution in [1.29, 1.82) is 0 Å². The molecule has 0 saturated carbocycles. The number of nitrogens with one attached hydrogen (secondary N) is 1. The van der Waals surface area contributed by atoms with Gasteiger partial charge in [0.25, 0.3) is 0 Å². The van der Waals surface area contributed by atoms with E-state index in [4.69, 9.17) is 5.11 Å². The van der Waals surface area contributed by atoms with E-state index in [1.807, 2.05) is 13.8 Å². The molecule has 0 radical (unpaired) electrons. The molecule has 2 atom stereocenters. The van der Waals surface area contributed by atoms with Gasteiger partial charge in [0.2, 0.25) is 5.91 Å². The number of Topliss-reactive ketones (excluding diaryl/α,β-unsaturated/α-hetero) is 1. The highest BCUT2D eigenvalue weighted by Gasteiger charge is 2.31. The minimum Gasteiger partial charge on any atom is -0.479 e. The van der Waals surface area contributed by atoms with Gasteiger partial charge in [-0.3, -0.25) is 9.59 Å². The summed E-state index contributed by atoms with van der Waals surface area (Å²) in [5, 5.41) is 20.8. The summed E-state index contributed by atoms with van der Waals surface area (Å²) >= 11 is 0. The van der Waals surface area contributed by atoms with Crippen LogP contribution in [0, 0.1) is 5.92 Å². The van der Waals surface area contributed by atoms with Gasteiger partial charge in [0, 0.05) is 11.5 Å². The van der Waals surface area contributed by atoms with Crippen molar-refractivity contribution in [2.45, 2.75) is 39.2 Å². The minimum absolute atomic E-state index is 0.0335. The van der Waals surface area contributed by atoms with Crippen LogP contribution in [0.5, 0.6) is 0 Å². The summed E-state index contributed by atoms with van der Waals surface area (Å²) in [5.41, 5.74) is -0.717. The van der Waals surface area contributed by atoms with Gasteiger partial charge in [-0.1, -0.05) is 38.1 Å². The van der Waals surface area contributed by atoms with E-state index in [0.717, 1.165) is 6.92 Å². The fourth-order valence-electron chi connectivity index (χ4n) is 1.91. The molecule has 126 valence electrons. The summed E-state index contributed by atoms with van der Waals surface area (Å²) in [6, 6.07) is 6.76. The Morgan fingerprint density at radius 1 is 1.13 bits per heavy atom. The molecule has 0 fully saturated rings.